The van der Waals surface area contributed by atoms with E-state index in [1.54, 1.807) is 13.2 Å². The number of piperazine rings is 1. The fourth-order valence-corrected chi connectivity index (χ4v) is 3.15. The van der Waals surface area contributed by atoms with Crippen molar-refractivity contribution in [3.8, 4) is 11.5 Å². The molecule has 0 amide bonds. The van der Waals surface area contributed by atoms with Crippen LogP contribution in [-0.2, 0) is 3.84 Å². The first-order valence-corrected chi connectivity index (χ1v) is 10.1. The SMILES string of the molecule is COc1ccc(Cl)c(OCCN2CCN(C(=N)c3ccccc3)CC2)c1.ClOCl. The second-order valence-corrected chi connectivity index (χ2v) is 7.12. The first kappa shape index (κ1) is 23.6. The van der Waals surface area contributed by atoms with Crippen LogP contribution in [0.15, 0.2) is 48.5 Å². The summed E-state index contributed by atoms with van der Waals surface area (Å²) in [4.78, 5) is 4.48. The number of halogens is 3. The van der Waals surface area contributed by atoms with Crippen LogP contribution in [0.3, 0.4) is 0 Å². The highest BCUT2D eigenvalue weighted by Crippen LogP contribution is 2.28. The molecule has 0 spiro atoms. The quantitative estimate of drug-likeness (QED) is 0.501. The summed E-state index contributed by atoms with van der Waals surface area (Å²) in [6, 6.07) is 15.3. The van der Waals surface area contributed by atoms with Crippen molar-refractivity contribution in [3.63, 3.8) is 0 Å². The Morgan fingerprint density at radius 2 is 1.69 bits per heavy atom. The molecule has 0 aromatic heterocycles. The highest BCUT2D eigenvalue weighted by molar-refractivity contribution is 6.32. The van der Waals surface area contributed by atoms with E-state index in [-0.39, 0.29) is 0 Å². The van der Waals surface area contributed by atoms with E-state index >= 15 is 0 Å². The van der Waals surface area contributed by atoms with Gasteiger partial charge in [0, 0.05) is 44.4 Å². The highest BCUT2D eigenvalue weighted by atomic mass is 35.6. The standard InChI is InChI=1S/C20H24ClN3O2.Cl2O/c1-25-17-7-8-18(21)19(15-17)26-14-13-23-9-11-24(12-10-23)20(22)16-5-3-2-4-6-16;1-3-2/h2-8,15,22H,9-14H2,1H3;. The lowest BCUT2D eigenvalue weighted by molar-refractivity contribution is 0.154. The Morgan fingerprint density at radius 3 is 2.31 bits per heavy atom. The smallest absolute Gasteiger partial charge is 0.141 e. The fraction of sp³-hybridized carbons (Fsp3) is 0.350. The molecule has 1 N–H and O–H groups in total. The van der Waals surface area contributed by atoms with Gasteiger partial charge in [0.2, 0.25) is 0 Å². The van der Waals surface area contributed by atoms with Crippen molar-refractivity contribution in [1.82, 2.24) is 9.80 Å². The summed E-state index contributed by atoms with van der Waals surface area (Å²) >= 11 is 14.7. The number of hydrogen-bond donors (Lipinski definition) is 1. The molecule has 1 fully saturated rings. The molecule has 0 saturated carbocycles. The lowest BCUT2D eigenvalue weighted by Crippen LogP contribution is -2.49. The van der Waals surface area contributed by atoms with E-state index in [0.29, 0.717) is 23.2 Å². The first-order chi connectivity index (χ1) is 14.1. The van der Waals surface area contributed by atoms with Gasteiger partial charge in [-0.15, -0.1) is 0 Å². The molecule has 0 atom stereocenters. The van der Waals surface area contributed by atoms with Crippen molar-refractivity contribution < 1.29 is 13.3 Å². The number of nitrogens with zero attached hydrogens (tertiary/aromatic N) is 2. The fourth-order valence-electron chi connectivity index (χ4n) is 2.98. The van der Waals surface area contributed by atoms with Crippen LogP contribution in [0.4, 0.5) is 0 Å². The van der Waals surface area contributed by atoms with Crippen molar-refractivity contribution in [1.29, 1.82) is 5.41 Å². The van der Waals surface area contributed by atoms with Gasteiger partial charge in [-0.1, -0.05) is 41.9 Å². The summed E-state index contributed by atoms with van der Waals surface area (Å²) in [5.74, 6) is 1.98. The molecular formula is C20H24Cl3N3O3. The van der Waals surface area contributed by atoms with Crippen LogP contribution in [0, 0.1) is 5.41 Å². The van der Waals surface area contributed by atoms with Gasteiger partial charge in [-0.25, -0.2) is 0 Å². The number of amidine groups is 1. The van der Waals surface area contributed by atoms with Gasteiger partial charge in [-0.2, -0.15) is 3.84 Å². The largest absolute Gasteiger partial charge is 0.497 e. The third-order valence-corrected chi connectivity index (χ3v) is 4.85. The molecule has 1 heterocycles. The summed E-state index contributed by atoms with van der Waals surface area (Å²) in [7, 11) is 1.62. The van der Waals surface area contributed by atoms with Crippen LogP contribution >= 0.6 is 35.3 Å². The molecule has 1 saturated heterocycles. The van der Waals surface area contributed by atoms with Crippen molar-refractivity contribution in [3.05, 3.63) is 59.1 Å². The van der Waals surface area contributed by atoms with Crippen molar-refractivity contribution in [2.24, 2.45) is 0 Å². The van der Waals surface area contributed by atoms with E-state index in [9.17, 15) is 0 Å². The monoisotopic (exact) mass is 459 g/mol. The molecule has 0 radical (unpaired) electrons. The lowest BCUT2D eigenvalue weighted by Gasteiger charge is -2.36. The topological polar surface area (TPSA) is 58.0 Å². The minimum Gasteiger partial charge on any atom is -0.497 e. The average molecular weight is 461 g/mol. The van der Waals surface area contributed by atoms with Crippen LogP contribution < -0.4 is 9.47 Å². The third kappa shape index (κ3) is 7.57. The molecule has 6 nitrogen and oxygen atoms in total. The Morgan fingerprint density at radius 1 is 1.03 bits per heavy atom. The zero-order valence-corrected chi connectivity index (χ0v) is 18.4. The summed E-state index contributed by atoms with van der Waals surface area (Å²) < 4.78 is 14.2. The molecule has 2 aromatic carbocycles. The van der Waals surface area contributed by atoms with Gasteiger partial charge in [0.25, 0.3) is 0 Å². The van der Waals surface area contributed by atoms with Crippen molar-refractivity contribution >= 4 is 41.2 Å². The zero-order chi connectivity index (χ0) is 21.1. The van der Waals surface area contributed by atoms with E-state index in [2.05, 4.69) is 37.4 Å². The Labute approximate surface area is 186 Å². The number of hydrogen-bond acceptors (Lipinski definition) is 5. The maximum atomic E-state index is 8.36. The predicted octanol–water partition coefficient (Wildman–Crippen LogP) is 4.68. The molecule has 29 heavy (non-hydrogen) atoms. The molecule has 158 valence electrons. The maximum Gasteiger partial charge on any atom is 0.141 e. The van der Waals surface area contributed by atoms with E-state index in [1.165, 1.54) is 0 Å². The van der Waals surface area contributed by atoms with Crippen LogP contribution in [0.25, 0.3) is 0 Å². The molecule has 0 bridgehead atoms. The highest BCUT2D eigenvalue weighted by Gasteiger charge is 2.19. The minimum absolute atomic E-state index is 0.572. The van der Waals surface area contributed by atoms with Crippen molar-refractivity contribution in [2.45, 2.75) is 0 Å². The molecule has 1 aliphatic rings. The number of methoxy groups -OCH3 is 1. The lowest BCUT2D eigenvalue weighted by atomic mass is 10.1. The number of rotatable bonds is 6. The average Bonchev–Trinajstić information content (AvgIpc) is 2.76. The van der Waals surface area contributed by atoms with E-state index < -0.39 is 0 Å². The minimum atomic E-state index is 0.572. The Kier molecular flexibility index (Phi) is 10.4. The van der Waals surface area contributed by atoms with Crippen LogP contribution in [0.2, 0.25) is 5.02 Å². The molecule has 0 aliphatic carbocycles. The maximum absolute atomic E-state index is 8.36. The van der Waals surface area contributed by atoms with Gasteiger partial charge in [-0.3, -0.25) is 10.3 Å². The summed E-state index contributed by atoms with van der Waals surface area (Å²) in [5.41, 5.74) is 0.969. The molecule has 2 aromatic rings. The third-order valence-electron chi connectivity index (χ3n) is 4.54. The first-order valence-electron chi connectivity index (χ1n) is 9.06. The van der Waals surface area contributed by atoms with Crippen LogP contribution in [-0.4, -0.2) is 62.1 Å². The number of benzene rings is 2. The summed E-state index contributed by atoms with van der Waals surface area (Å²) in [5, 5.41) is 8.95. The molecule has 3 rings (SSSR count). The van der Waals surface area contributed by atoms with E-state index in [0.717, 1.165) is 44.0 Å². The Balaban J connectivity index is 0.000000941. The second kappa shape index (κ2) is 12.8. The predicted molar refractivity (Wildman–Crippen MR) is 118 cm³/mol. The Bertz CT molecular complexity index is 757. The van der Waals surface area contributed by atoms with Crippen LogP contribution in [0.1, 0.15) is 5.56 Å². The number of ether oxygens (including phenoxy) is 2. The van der Waals surface area contributed by atoms with Gasteiger partial charge >= 0.3 is 0 Å². The zero-order valence-electron chi connectivity index (χ0n) is 16.1. The normalized spacial score (nSPS) is 14.0. The van der Waals surface area contributed by atoms with Gasteiger partial charge < -0.3 is 14.4 Å². The summed E-state index contributed by atoms with van der Waals surface area (Å²) in [6.45, 7) is 4.96. The van der Waals surface area contributed by atoms with Crippen LogP contribution in [0.5, 0.6) is 11.5 Å². The van der Waals surface area contributed by atoms with Gasteiger partial charge in [-0.05, 0) is 12.1 Å². The van der Waals surface area contributed by atoms with Gasteiger partial charge in [0.15, 0.2) is 0 Å². The number of nitrogens with one attached hydrogen (secondary N) is 1. The summed E-state index contributed by atoms with van der Waals surface area (Å²) in [6.07, 6.45) is 0. The molecule has 0 unspecified atom stereocenters. The van der Waals surface area contributed by atoms with E-state index in [4.69, 9.17) is 26.5 Å². The molecular weight excluding hydrogens is 437 g/mol. The second-order valence-electron chi connectivity index (χ2n) is 6.25. The Hall–Kier alpha value is -1.70. The van der Waals surface area contributed by atoms with E-state index in [1.807, 2.05) is 42.5 Å². The van der Waals surface area contributed by atoms with Gasteiger partial charge in [0.1, 0.15) is 23.9 Å². The van der Waals surface area contributed by atoms with Gasteiger partial charge in [0.05, 0.1) is 35.9 Å². The molecule has 1 aliphatic heterocycles. The molecule has 9 heteroatoms. The van der Waals surface area contributed by atoms with Crippen molar-refractivity contribution in [2.75, 3.05) is 46.4 Å².